The lowest BCUT2D eigenvalue weighted by Gasteiger charge is -2.22. The van der Waals surface area contributed by atoms with Gasteiger partial charge in [0.05, 0.1) is 18.1 Å². The number of rotatable bonds is 5. The van der Waals surface area contributed by atoms with Gasteiger partial charge in [0.2, 0.25) is 0 Å². The summed E-state index contributed by atoms with van der Waals surface area (Å²) in [5.41, 5.74) is 5.93. The van der Waals surface area contributed by atoms with Crippen molar-refractivity contribution < 1.29 is 0 Å². The highest BCUT2D eigenvalue weighted by molar-refractivity contribution is 5.50. The maximum Gasteiger partial charge on any atom is 0.0957 e. The Hall–Kier alpha value is -2.75. The van der Waals surface area contributed by atoms with Crippen molar-refractivity contribution in [1.82, 2.24) is 9.55 Å². The fraction of sp³-hybridized carbons (Fsp3) is 0.286. The van der Waals surface area contributed by atoms with Crippen LogP contribution in [-0.4, -0.2) is 37.7 Å². The Kier molecular flexibility index (Phi) is 4.79. The van der Waals surface area contributed by atoms with Crippen molar-refractivity contribution >= 4 is 11.4 Å². The molecule has 0 saturated heterocycles. The molecule has 0 N–H and O–H groups in total. The van der Waals surface area contributed by atoms with E-state index in [0.29, 0.717) is 0 Å². The largest absolute Gasteiger partial charge is 0.378 e. The zero-order valence-electron chi connectivity index (χ0n) is 15.6. The zero-order valence-corrected chi connectivity index (χ0v) is 15.6. The summed E-state index contributed by atoms with van der Waals surface area (Å²) >= 11 is 0. The van der Waals surface area contributed by atoms with Crippen molar-refractivity contribution in [1.29, 1.82) is 0 Å². The lowest BCUT2D eigenvalue weighted by Crippen LogP contribution is -2.13. The number of hydrogen-bond acceptors (Lipinski definition) is 3. The first-order valence-electron chi connectivity index (χ1n) is 8.50. The van der Waals surface area contributed by atoms with Gasteiger partial charge in [0.1, 0.15) is 0 Å². The van der Waals surface area contributed by atoms with E-state index in [9.17, 15) is 0 Å². The molecule has 0 bridgehead atoms. The summed E-state index contributed by atoms with van der Waals surface area (Å²) in [5.74, 6) is 0. The second-order valence-corrected chi connectivity index (χ2v) is 6.84. The maximum atomic E-state index is 4.43. The van der Waals surface area contributed by atoms with E-state index in [4.69, 9.17) is 0 Å². The van der Waals surface area contributed by atoms with Crippen LogP contribution in [0.25, 0.3) is 0 Å². The van der Waals surface area contributed by atoms with Crippen LogP contribution in [0.15, 0.2) is 61.1 Å². The number of benzene rings is 2. The minimum absolute atomic E-state index is 0.119. The molecule has 0 amide bonds. The molecule has 0 unspecified atom stereocenters. The van der Waals surface area contributed by atoms with Gasteiger partial charge in [-0.2, -0.15) is 0 Å². The molecule has 0 radical (unpaired) electrons. The molecule has 4 nitrogen and oxygen atoms in total. The Morgan fingerprint density at radius 3 is 1.52 bits per heavy atom. The van der Waals surface area contributed by atoms with Crippen LogP contribution in [0.2, 0.25) is 0 Å². The fourth-order valence-electron chi connectivity index (χ4n) is 3.03. The van der Waals surface area contributed by atoms with Crippen molar-refractivity contribution in [3.8, 4) is 0 Å². The molecule has 4 heteroatoms. The third-order valence-electron chi connectivity index (χ3n) is 4.48. The summed E-state index contributed by atoms with van der Waals surface area (Å²) in [6, 6.07) is 17.6. The molecule has 0 spiro atoms. The normalized spacial score (nSPS) is 11.0. The van der Waals surface area contributed by atoms with Crippen LogP contribution in [0.5, 0.6) is 0 Å². The Labute approximate surface area is 150 Å². The van der Waals surface area contributed by atoms with Gasteiger partial charge >= 0.3 is 0 Å². The van der Waals surface area contributed by atoms with Crippen LogP contribution in [0, 0.1) is 6.92 Å². The van der Waals surface area contributed by atoms with E-state index in [0.717, 1.165) is 5.69 Å². The summed E-state index contributed by atoms with van der Waals surface area (Å²) in [4.78, 5) is 8.66. The molecule has 130 valence electrons. The highest BCUT2D eigenvalue weighted by atomic mass is 15.1. The molecule has 0 aliphatic rings. The molecule has 2 aromatic carbocycles. The molecule has 3 aromatic rings. The second-order valence-electron chi connectivity index (χ2n) is 6.84. The van der Waals surface area contributed by atoms with Gasteiger partial charge in [0.15, 0.2) is 0 Å². The lowest BCUT2D eigenvalue weighted by molar-refractivity contribution is 0.676. The van der Waals surface area contributed by atoms with Gasteiger partial charge in [-0.25, -0.2) is 4.98 Å². The SMILES string of the molecule is Cc1cn(C(c2ccc(N(C)C)cc2)c2ccc(N(C)C)cc2)cn1. The second kappa shape index (κ2) is 7.01. The van der Waals surface area contributed by atoms with Crippen molar-refractivity contribution in [3.05, 3.63) is 77.9 Å². The number of anilines is 2. The predicted molar refractivity (Wildman–Crippen MR) is 106 cm³/mol. The van der Waals surface area contributed by atoms with Crippen molar-refractivity contribution in [3.63, 3.8) is 0 Å². The van der Waals surface area contributed by atoms with Crippen LogP contribution in [0.4, 0.5) is 11.4 Å². The number of aromatic nitrogens is 2. The van der Waals surface area contributed by atoms with Gasteiger partial charge in [-0.3, -0.25) is 0 Å². The topological polar surface area (TPSA) is 24.3 Å². The van der Waals surface area contributed by atoms with Gasteiger partial charge in [0.25, 0.3) is 0 Å². The van der Waals surface area contributed by atoms with Gasteiger partial charge in [-0.15, -0.1) is 0 Å². The van der Waals surface area contributed by atoms with Crippen LogP contribution in [-0.2, 0) is 0 Å². The Bertz CT molecular complexity index is 762. The highest BCUT2D eigenvalue weighted by Crippen LogP contribution is 2.29. The minimum atomic E-state index is 0.119. The number of aryl methyl sites for hydroxylation is 1. The van der Waals surface area contributed by atoms with E-state index in [-0.39, 0.29) is 6.04 Å². The first-order valence-corrected chi connectivity index (χ1v) is 8.50. The maximum absolute atomic E-state index is 4.43. The Balaban J connectivity index is 2.03. The van der Waals surface area contributed by atoms with Crippen LogP contribution < -0.4 is 9.80 Å². The number of imidazole rings is 1. The van der Waals surface area contributed by atoms with E-state index in [1.165, 1.54) is 22.5 Å². The van der Waals surface area contributed by atoms with Crippen LogP contribution in [0.3, 0.4) is 0 Å². The van der Waals surface area contributed by atoms with E-state index in [2.05, 4.69) is 102 Å². The smallest absolute Gasteiger partial charge is 0.0957 e. The first kappa shape index (κ1) is 17.1. The van der Waals surface area contributed by atoms with Crippen molar-refractivity contribution in [2.24, 2.45) is 0 Å². The van der Waals surface area contributed by atoms with Gasteiger partial charge in [-0.05, 0) is 42.3 Å². The molecule has 1 heterocycles. The summed E-state index contributed by atoms with van der Waals surface area (Å²) in [6.07, 6.45) is 4.02. The zero-order chi connectivity index (χ0) is 18.0. The number of hydrogen-bond donors (Lipinski definition) is 0. The average molecular weight is 334 g/mol. The quantitative estimate of drug-likeness (QED) is 0.706. The summed E-state index contributed by atoms with van der Waals surface area (Å²) < 4.78 is 2.19. The van der Waals surface area contributed by atoms with Gasteiger partial charge in [-0.1, -0.05) is 24.3 Å². The molecule has 0 atom stereocenters. The molecule has 0 saturated carbocycles. The molecular weight excluding hydrogens is 308 g/mol. The van der Waals surface area contributed by atoms with Crippen molar-refractivity contribution in [2.45, 2.75) is 13.0 Å². The molecule has 0 fully saturated rings. The molecule has 25 heavy (non-hydrogen) atoms. The average Bonchev–Trinajstić information content (AvgIpc) is 3.02. The fourth-order valence-corrected chi connectivity index (χ4v) is 3.03. The summed E-state index contributed by atoms with van der Waals surface area (Å²) in [7, 11) is 8.24. The summed E-state index contributed by atoms with van der Waals surface area (Å²) in [6.45, 7) is 2.03. The van der Waals surface area contributed by atoms with E-state index < -0.39 is 0 Å². The Morgan fingerprint density at radius 1 is 0.760 bits per heavy atom. The monoisotopic (exact) mass is 334 g/mol. The minimum Gasteiger partial charge on any atom is -0.378 e. The number of nitrogens with zero attached hydrogens (tertiary/aromatic N) is 4. The van der Waals surface area contributed by atoms with Gasteiger partial charge in [0, 0.05) is 45.8 Å². The van der Waals surface area contributed by atoms with Gasteiger partial charge < -0.3 is 14.4 Å². The van der Waals surface area contributed by atoms with E-state index >= 15 is 0 Å². The molecule has 0 aliphatic carbocycles. The van der Waals surface area contributed by atoms with Crippen molar-refractivity contribution in [2.75, 3.05) is 38.0 Å². The third kappa shape index (κ3) is 3.68. The third-order valence-corrected chi connectivity index (χ3v) is 4.48. The van der Waals surface area contributed by atoms with Crippen LogP contribution in [0.1, 0.15) is 22.9 Å². The standard InChI is InChI=1S/C21H26N4/c1-16-14-25(15-22-16)21(17-6-10-19(11-7-17)23(2)3)18-8-12-20(13-9-18)24(4)5/h6-15,21H,1-5H3. The molecule has 0 aliphatic heterocycles. The molecular formula is C21H26N4. The lowest BCUT2D eigenvalue weighted by atomic mass is 9.97. The van der Waals surface area contributed by atoms with E-state index in [1.54, 1.807) is 0 Å². The molecule has 3 rings (SSSR count). The predicted octanol–water partition coefficient (Wildman–Crippen LogP) is 3.96. The molecule has 1 aromatic heterocycles. The van der Waals surface area contributed by atoms with Crippen LogP contribution >= 0.6 is 0 Å². The van der Waals surface area contributed by atoms with E-state index in [1.807, 2.05) is 13.3 Å². The highest BCUT2D eigenvalue weighted by Gasteiger charge is 2.17. The Morgan fingerprint density at radius 2 is 1.20 bits per heavy atom. The summed E-state index contributed by atoms with van der Waals surface area (Å²) in [5, 5.41) is 0. The first-order chi connectivity index (χ1) is 12.0.